The molecule has 0 saturated carbocycles. The highest BCUT2D eigenvalue weighted by Crippen LogP contribution is 2.51. The minimum Gasteiger partial charge on any atom is -0.493 e. The maximum Gasteiger partial charge on any atom is 0.162 e. The van der Waals surface area contributed by atoms with Gasteiger partial charge >= 0.3 is 0 Å². The van der Waals surface area contributed by atoms with Crippen LogP contribution in [-0.4, -0.2) is 37.2 Å². The Morgan fingerprint density at radius 3 is 2.41 bits per heavy atom. The summed E-state index contributed by atoms with van der Waals surface area (Å²) >= 11 is 0. The first kappa shape index (κ1) is 25.2. The van der Waals surface area contributed by atoms with E-state index in [4.69, 9.17) is 13.9 Å². The fourth-order valence-electron chi connectivity index (χ4n) is 6.23. The topological polar surface area (TPSA) is 69.0 Å². The van der Waals surface area contributed by atoms with E-state index in [2.05, 4.69) is 37.0 Å². The van der Waals surface area contributed by atoms with Crippen LogP contribution in [0, 0.1) is 5.41 Å². The van der Waals surface area contributed by atoms with Crippen LogP contribution in [0.25, 0.3) is 17.0 Å². The van der Waals surface area contributed by atoms with Crippen molar-refractivity contribution in [1.29, 1.82) is 0 Å². The highest BCUT2D eigenvalue weighted by molar-refractivity contribution is 6.01. The molecule has 1 unspecified atom stereocenters. The standard InChI is InChI=1S/C33H33NO5/c1-19(35)20-6-8-21(9-7-20)28-10-11-29(39-28)24-15-25-23-16-31(38-5)30(37-4)14-22(23)12-13-34(25)26-17-33(2,3)18-27(36)32(24)26/h6-11,14-16,24H,12-13,17-18H2,1-5H3. The SMILES string of the molecule is COc1cc2c(cc1OC)C1=CC(c3ccc(-c4ccc(C(C)=O)cc4)o3)C3=C(CC(C)(C)CC3=O)N1CC2. The number of ketones is 2. The Hall–Kier alpha value is -4.06. The van der Waals surface area contributed by atoms with E-state index in [1.165, 1.54) is 5.56 Å². The molecular weight excluding hydrogens is 490 g/mol. The summed E-state index contributed by atoms with van der Waals surface area (Å²) < 4.78 is 17.7. The van der Waals surface area contributed by atoms with Gasteiger partial charge in [-0.3, -0.25) is 9.59 Å². The first-order valence-electron chi connectivity index (χ1n) is 13.4. The number of benzene rings is 2. The van der Waals surface area contributed by atoms with Gasteiger partial charge in [-0.2, -0.15) is 0 Å². The first-order valence-corrected chi connectivity index (χ1v) is 13.4. The lowest BCUT2D eigenvalue weighted by atomic mass is 9.70. The fourth-order valence-corrected chi connectivity index (χ4v) is 6.23. The van der Waals surface area contributed by atoms with Crippen LogP contribution in [0.5, 0.6) is 11.5 Å². The zero-order valence-electron chi connectivity index (χ0n) is 23.1. The molecule has 6 nitrogen and oxygen atoms in total. The summed E-state index contributed by atoms with van der Waals surface area (Å²) in [5.74, 6) is 2.77. The zero-order chi connectivity index (χ0) is 27.5. The number of carbonyl (C=O) groups is 2. The van der Waals surface area contributed by atoms with Crippen molar-refractivity contribution < 1.29 is 23.5 Å². The quantitative estimate of drug-likeness (QED) is 0.342. The van der Waals surface area contributed by atoms with Gasteiger partial charge in [-0.25, -0.2) is 0 Å². The predicted molar refractivity (Wildman–Crippen MR) is 150 cm³/mol. The molecule has 0 N–H and O–H groups in total. The molecule has 0 spiro atoms. The number of hydrogen-bond acceptors (Lipinski definition) is 6. The van der Waals surface area contributed by atoms with Gasteiger partial charge in [0.1, 0.15) is 11.5 Å². The van der Waals surface area contributed by atoms with E-state index >= 15 is 0 Å². The summed E-state index contributed by atoms with van der Waals surface area (Å²) in [5.41, 5.74) is 6.75. The molecule has 0 fully saturated rings. The number of ether oxygens (including phenoxy) is 2. The Labute approximate surface area is 228 Å². The molecule has 2 aromatic carbocycles. The van der Waals surface area contributed by atoms with Gasteiger partial charge in [0, 0.05) is 46.6 Å². The Morgan fingerprint density at radius 1 is 1.00 bits per heavy atom. The number of fused-ring (bicyclic) bond motifs is 4. The predicted octanol–water partition coefficient (Wildman–Crippen LogP) is 6.81. The number of rotatable bonds is 5. The van der Waals surface area contributed by atoms with E-state index in [1.807, 2.05) is 36.4 Å². The third-order valence-corrected chi connectivity index (χ3v) is 8.15. The van der Waals surface area contributed by atoms with Crippen molar-refractivity contribution in [2.75, 3.05) is 20.8 Å². The molecule has 200 valence electrons. The number of furan rings is 1. The number of allylic oxidation sites excluding steroid dienone is 3. The lowest BCUT2D eigenvalue weighted by molar-refractivity contribution is -0.118. The molecule has 0 saturated heterocycles. The number of Topliss-reactive ketones (excluding diaryl/α,β-unsaturated/α-hetero) is 2. The Bertz CT molecular complexity index is 1550. The number of nitrogens with zero attached hydrogens (tertiary/aromatic N) is 1. The molecule has 3 heterocycles. The second-order valence-electron chi connectivity index (χ2n) is 11.4. The van der Waals surface area contributed by atoms with E-state index in [9.17, 15) is 9.59 Å². The van der Waals surface area contributed by atoms with Gasteiger partial charge < -0.3 is 18.8 Å². The van der Waals surface area contributed by atoms with Gasteiger partial charge in [0.25, 0.3) is 0 Å². The van der Waals surface area contributed by atoms with Crippen molar-refractivity contribution in [3.05, 3.63) is 88.3 Å². The number of carbonyl (C=O) groups excluding carboxylic acids is 2. The molecule has 39 heavy (non-hydrogen) atoms. The van der Waals surface area contributed by atoms with E-state index in [0.29, 0.717) is 23.5 Å². The van der Waals surface area contributed by atoms with Crippen molar-refractivity contribution in [2.45, 2.75) is 46.0 Å². The maximum absolute atomic E-state index is 13.7. The zero-order valence-corrected chi connectivity index (χ0v) is 23.1. The highest BCUT2D eigenvalue weighted by atomic mass is 16.5. The van der Waals surface area contributed by atoms with E-state index < -0.39 is 0 Å². The van der Waals surface area contributed by atoms with Crippen LogP contribution in [0.2, 0.25) is 0 Å². The lowest BCUT2D eigenvalue weighted by Crippen LogP contribution is -2.40. The Morgan fingerprint density at radius 2 is 1.72 bits per heavy atom. The van der Waals surface area contributed by atoms with E-state index in [-0.39, 0.29) is 22.9 Å². The normalized spacial score (nSPS) is 19.6. The average Bonchev–Trinajstić information content (AvgIpc) is 3.41. The summed E-state index contributed by atoms with van der Waals surface area (Å²) in [4.78, 5) is 27.7. The molecule has 0 bridgehead atoms. The molecule has 1 atom stereocenters. The number of methoxy groups -OCH3 is 2. The van der Waals surface area contributed by atoms with Crippen LogP contribution in [-0.2, 0) is 11.2 Å². The van der Waals surface area contributed by atoms with Crippen molar-refractivity contribution in [1.82, 2.24) is 4.90 Å². The summed E-state index contributed by atoms with van der Waals surface area (Å²) in [7, 11) is 3.31. The lowest BCUT2D eigenvalue weighted by Gasteiger charge is -2.45. The molecule has 6 rings (SSSR count). The monoisotopic (exact) mass is 523 g/mol. The largest absolute Gasteiger partial charge is 0.493 e. The highest BCUT2D eigenvalue weighted by Gasteiger charge is 2.43. The third-order valence-electron chi connectivity index (χ3n) is 8.15. The number of hydrogen-bond donors (Lipinski definition) is 0. The molecule has 6 heteroatoms. The van der Waals surface area contributed by atoms with Crippen molar-refractivity contribution in [3.63, 3.8) is 0 Å². The third kappa shape index (κ3) is 4.28. The minimum atomic E-state index is -0.292. The maximum atomic E-state index is 13.7. The van der Waals surface area contributed by atoms with Gasteiger partial charge in [0.15, 0.2) is 23.1 Å². The van der Waals surface area contributed by atoms with E-state index in [1.54, 1.807) is 21.1 Å². The second kappa shape index (κ2) is 9.30. The summed E-state index contributed by atoms with van der Waals surface area (Å²) in [6.45, 7) is 6.70. The van der Waals surface area contributed by atoms with E-state index in [0.717, 1.165) is 59.0 Å². The van der Waals surface area contributed by atoms with Crippen molar-refractivity contribution in [3.8, 4) is 22.8 Å². The summed E-state index contributed by atoms with van der Waals surface area (Å²) in [6.07, 6.45) is 4.37. The van der Waals surface area contributed by atoms with Gasteiger partial charge in [0.2, 0.25) is 0 Å². The van der Waals surface area contributed by atoms with Crippen LogP contribution in [0.4, 0.5) is 0 Å². The Kier molecular flexibility index (Phi) is 6.01. The van der Waals surface area contributed by atoms with Gasteiger partial charge in [-0.05, 0) is 61.1 Å². The average molecular weight is 524 g/mol. The van der Waals surface area contributed by atoms with Gasteiger partial charge in [-0.15, -0.1) is 0 Å². The van der Waals surface area contributed by atoms with Crippen LogP contribution in [0.3, 0.4) is 0 Å². The minimum absolute atomic E-state index is 0.0280. The van der Waals surface area contributed by atoms with Gasteiger partial charge in [-0.1, -0.05) is 38.1 Å². The molecule has 1 aromatic heterocycles. The molecule has 0 radical (unpaired) electrons. The second-order valence-corrected chi connectivity index (χ2v) is 11.4. The van der Waals surface area contributed by atoms with Crippen LogP contribution in [0.1, 0.15) is 66.8 Å². The smallest absolute Gasteiger partial charge is 0.162 e. The summed E-state index contributed by atoms with van der Waals surface area (Å²) in [6, 6.07) is 15.5. The van der Waals surface area contributed by atoms with Crippen molar-refractivity contribution in [2.24, 2.45) is 5.41 Å². The molecule has 0 amide bonds. The molecular formula is C33H33NO5. The summed E-state index contributed by atoms with van der Waals surface area (Å²) in [5, 5.41) is 0. The molecule has 3 aliphatic rings. The van der Waals surface area contributed by atoms with Gasteiger partial charge in [0.05, 0.1) is 20.1 Å². The molecule has 3 aromatic rings. The fraction of sp³-hybridized carbons (Fsp3) is 0.333. The van der Waals surface area contributed by atoms with Crippen molar-refractivity contribution >= 4 is 17.3 Å². The molecule has 1 aliphatic carbocycles. The molecule has 2 aliphatic heterocycles. The first-order chi connectivity index (χ1) is 18.7. The van der Waals surface area contributed by atoms with Crippen LogP contribution < -0.4 is 9.47 Å². The van der Waals surface area contributed by atoms with Crippen LogP contribution >= 0.6 is 0 Å². The van der Waals surface area contributed by atoms with Crippen LogP contribution in [0.15, 0.2) is 70.3 Å². The Balaban J connectivity index is 1.48.